The Kier molecular flexibility index (Phi) is 6.40. The Bertz CT molecular complexity index is 870. The van der Waals surface area contributed by atoms with E-state index in [4.69, 9.17) is 9.47 Å². The first-order valence-electron chi connectivity index (χ1n) is 8.78. The van der Waals surface area contributed by atoms with E-state index in [9.17, 15) is 9.59 Å². The van der Waals surface area contributed by atoms with Crippen LogP contribution >= 0.6 is 11.8 Å². The first kappa shape index (κ1) is 20.0. The van der Waals surface area contributed by atoms with E-state index in [0.29, 0.717) is 54.6 Å². The van der Waals surface area contributed by atoms with Crippen molar-refractivity contribution < 1.29 is 19.1 Å². The number of thioether (sulfide) groups is 1. The molecule has 3 rings (SSSR count). The number of nitrogens with zero attached hydrogens (tertiary/aromatic N) is 4. The van der Waals surface area contributed by atoms with Crippen LogP contribution in [0.5, 0.6) is 11.5 Å². The molecule has 10 heteroatoms. The molecule has 0 aliphatic carbocycles. The number of methoxy groups -OCH3 is 2. The Hall–Kier alpha value is -2.75. The van der Waals surface area contributed by atoms with Crippen molar-refractivity contribution in [1.82, 2.24) is 19.7 Å². The molecular weight excluding hydrogens is 382 g/mol. The van der Waals surface area contributed by atoms with Crippen LogP contribution in [-0.4, -0.2) is 64.3 Å². The summed E-state index contributed by atoms with van der Waals surface area (Å²) in [5, 5.41) is 10.8. The van der Waals surface area contributed by atoms with Gasteiger partial charge in [-0.25, -0.2) is 0 Å². The molecule has 1 N–H and O–H groups in total. The van der Waals surface area contributed by atoms with E-state index < -0.39 is 0 Å². The van der Waals surface area contributed by atoms with Gasteiger partial charge in [-0.2, -0.15) is 11.8 Å². The number of benzene rings is 1. The zero-order chi connectivity index (χ0) is 20.1. The highest BCUT2D eigenvalue weighted by Crippen LogP contribution is 2.37. The van der Waals surface area contributed by atoms with Crippen LogP contribution in [0.4, 0.5) is 5.69 Å². The van der Waals surface area contributed by atoms with E-state index in [0.717, 1.165) is 5.82 Å². The van der Waals surface area contributed by atoms with Gasteiger partial charge in [0, 0.05) is 30.8 Å². The van der Waals surface area contributed by atoms with Gasteiger partial charge < -0.3 is 24.3 Å². The molecule has 28 heavy (non-hydrogen) atoms. The lowest BCUT2D eigenvalue weighted by molar-refractivity contribution is -0.115. The molecule has 150 valence electrons. The van der Waals surface area contributed by atoms with Crippen molar-refractivity contribution in [2.24, 2.45) is 0 Å². The smallest absolute Gasteiger partial charge is 0.254 e. The van der Waals surface area contributed by atoms with Crippen LogP contribution in [0, 0.1) is 0 Å². The largest absolute Gasteiger partial charge is 0.493 e. The van der Waals surface area contributed by atoms with E-state index in [2.05, 4.69) is 15.5 Å². The summed E-state index contributed by atoms with van der Waals surface area (Å²) in [5.41, 5.74) is 0.822. The average molecular weight is 405 g/mol. The van der Waals surface area contributed by atoms with Crippen LogP contribution < -0.4 is 14.8 Å². The summed E-state index contributed by atoms with van der Waals surface area (Å²) in [5.74, 6) is 1.90. The fraction of sp³-hybridized carbons (Fsp3) is 0.444. The zero-order valence-electron chi connectivity index (χ0n) is 16.1. The maximum Gasteiger partial charge on any atom is 0.254 e. The molecule has 1 aliphatic heterocycles. The van der Waals surface area contributed by atoms with Crippen LogP contribution in [0.1, 0.15) is 22.6 Å². The molecule has 1 aliphatic rings. The fourth-order valence-electron chi connectivity index (χ4n) is 3.01. The van der Waals surface area contributed by atoms with Gasteiger partial charge in [-0.05, 0) is 18.4 Å². The zero-order valence-corrected chi connectivity index (χ0v) is 16.9. The number of nitrogens with one attached hydrogen (secondary N) is 1. The van der Waals surface area contributed by atoms with Gasteiger partial charge in [0.05, 0.1) is 26.5 Å². The van der Waals surface area contributed by atoms with Crippen molar-refractivity contribution in [2.75, 3.05) is 38.1 Å². The average Bonchev–Trinajstić information content (AvgIpc) is 3.18. The predicted octanol–water partition coefficient (Wildman–Crippen LogP) is 1.64. The lowest BCUT2D eigenvalue weighted by Crippen LogP contribution is -2.38. The molecule has 0 spiro atoms. The lowest BCUT2D eigenvalue weighted by Gasteiger charge is -2.27. The second-order valence-electron chi connectivity index (χ2n) is 6.22. The number of ether oxygens (including phenoxy) is 2. The summed E-state index contributed by atoms with van der Waals surface area (Å²) >= 11 is 1.59. The third-order valence-corrected chi connectivity index (χ3v) is 5.07. The van der Waals surface area contributed by atoms with E-state index >= 15 is 0 Å². The molecule has 0 unspecified atom stereocenters. The van der Waals surface area contributed by atoms with Gasteiger partial charge >= 0.3 is 0 Å². The SMILES string of the molecule is COc1cc(C(=O)N2CCn3cnnc3C2)cc(NC(=O)CCSC)c1OC. The van der Waals surface area contributed by atoms with Gasteiger partial charge in [-0.3, -0.25) is 9.59 Å². The maximum absolute atomic E-state index is 13.1. The second-order valence-corrected chi connectivity index (χ2v) is 7.20. The van der Waals surface area contributed by atoms with Gasteiger partial charge in [0.2, 0.25) is 5.91 Å². The molecule has 0 atom stereocenters. The Morgan fingerprint density at radius 3 is 2.79 bits per heavy atom. The van der Waals surface area contributed by atoms with Crippen LogP contribution in [0.3, 0.4) is 0 Å². The van der Waals surface area contributed by atoms with Gasteiger partial charge in [-0.15, -0.1) is 10.2 Å². The second kappa shape index (κ2) is 8.96. The number of amides is 2. The van der Waals surface area contributed by atoms with Crippen molar-refractivity contribution in [2.45, 2.75) is 19.5 Å². The predicted molar refractivity (Wildman–Crippen MR) is 106 cm³/mol. The van der Waals surface area contributed by atoms with Crippen LogP contribution in [0.15, 0.2) is 18.5 Å². The van der Waals surface area contributed by atoms with E-state index in [1.807, 2.05) is 10.8 Å². The Balaban J connectivity index is 1.87. The highest BCUT2D eigenvalue weighted by atomic mass is 32.2. The molecule has 0 radical (unpaired) electrons. The number of rotatable bonds is 7. The normalized spacial score (nSPS) is 13.0. The monoisotopic (exact) mass is 405 g/mol. The summed E-state index contributed by atoms with van der Waals surface area (Å²) in [4.78, 5) is 27.0. The summed E-state index contributed by atoms with van der Waals surface area (Å²) in [7, 11) is 2.99. The molecule has 0 saturated heterocycles. The first-order valence-corrected chi connectivity index (χ1v) is 10.2. The summed E-state index contributed by atoms with van der Waals surface area (Å²) in [6.07, 6.45) is 3.97. The molecule has 0 saturated carbocycles. The third kappa shape index (κ3) is 4.22. The molecular formula is C18H23N5O4S. The minimum Gasteiger partial charge on any atom is -0.493 e. The first-order chi connectivity index (χ1) is 13.6. The van der Waals surface area contributed by atoms with Crippen molar-refractivity contribution >= 4 is 29.3 Å². The maximum atomic E-state index is 13.1. The molecule has 0 fully saturated rings. The van der Waals surface area contributed by atoms with Crippen molar-refractivity contribution in [3.63, 3.8) is 0 Å². The Labute approximate surface area is 167 Å². The number of aromatic nitrogens is 3. The van der Waals surface area contributed by atoms with Crippen molar-refractivity contribution in [3.8, 4) is 11.5 Å². The number of anilines is 1. The Morgan fingerprint density at radius 2 is 2.07 bits per heavy atom. The standard InChI is InChI=1S/C18H23N5O4S/c1-26-14-9-12(8-13(17(14)27-2)20-16(24)4-7-28-3)18(25)22-5-6-23-11-19-21-15(23)10-22/h8-9,11H,4-7,10H2,1-3H3,(H,20,24). The van der Waals surface area contributed by atoms with Gasteiger partial charge in [-0.1, -0.05) is 0 Å². The molecule has 0 bridgehead atoms. The molecule has 2 aromatic rings. The van der Waals surface area contributed by atoms with Crippen LogP contribution in [0.25, 0.3) is 0 Å². The van der Waals surface area contributed by atoms with Gasteiger partial charge in [0.15, 0.2) is 17.3 Å². The molecule has 1 aromatic heterocycles. The van der Waals surface area contributed by atoms with Crippen molar-refractivity contribution in [1.29, 1.82) is 0 Å². The van der Waals surface area contributed by atoms with E-state index in [1.54, 1.807) is 35.1 Å². The fourth-order valence-corrected chi connectivity index (χ4v) is 3.40. The molecule has 1 aromatic carbocycles. The lowest BCUT2D eigenvalue weighted by atomic mass is 10.1. The molecule has 2 heterocycles. The number of carbonyl (C=O) groups excluding carboxylic acids is 2. The minimum atomic E-state index is -0.171. The summed E-state index contributed by atoms with van der Waals surface area (Å²) < 4.78 is 12.7. The number of fused-ring (bicyclic) bond motifs is 1. The number of carbonyl (C=O) groups is 2. The third-order valence-electron chi connectivity index (χ3n) is 4.46. The summed E-state index contributed by atoms with van der Waals surface area (Å²) in [6.45, 7) is 1.57. The summed E-state index contributed by atoms with van der Waals surface area (Å²) in [6, 6.07) is 3.25. The number of hydrogen-bond acceptors (Lipinski definition) is 7. The van der Waals surface area contributed by atoms with E-state index in [-0.39, 0.29) is 11.8 Å². The van der Waals surface area contributed by atoms with Crippen LogP contribution in [0.2, 0.25) is 0 Å². The number of hydrogen-bond donors (Lipinski definition) is 1. The van der Waals surface area contributed by atoms with Crippen molar-refractivity contribution in [3.05, 3.63) is 29.8 Å². The molecule has 2 amide bonds. The quantitative estimate of drug-likeness (QED) is 0.748. The van der Waals surface area contributed by atoms with Gasteiger partial charge in [0.25, 0.3) is 5.91 Å². The topological polar surface area (TPSA) is 98.6 Å². The van der Waals surface area contributed by atoms with E-state index in [1.165, 1.54) is 14.2 Å². The molecule has 9 nitrogen and oxygen atoms in total. The van der Waals surface area contributed by atoms with Gasteiger partial charge in [0.1, 0.15) is 6.33 Å². The highest BCUT2D eigenvalue weighted by molar-refractivity contribution is 7.98. The van der Waals surface area contributed by atoms with Crippen LogP contribution in [-0.2, 0) is 17.9 Å². The Morgan fingerprint density at radius 1 is 1.25 bits per heavy atom. The highest BCUT2D eigenvalue weighted by Gasteiger charge is 2.25. The minimum absolute atomic E-state index is 0.148.